The van der Waals surface area contributed by atoms with Gasteiger partial charge in [-0.05, 0) is 12.1 Å². The molecule has 0 unspecified atom stereocenters. The first kappa shape index (κ1) is 20.0. The van der Waals surface area contributed by atoms with E-state index in [1.54, 1.807) is 12.4 Å². The molecule has 0 saturated carbocycles. The molecule has 0 radical (unpaired) electrons. The maximum atomic E-state index is 13.0. The summed E-state index contributed by atoms with van der Waals surface area (Å²) in [6.07, 6.45) is 6.92. The summed E-state index contributed by atoms with van der Waals surface area (Å²) in [5, 5.41) is 2.28. The number of nitrogens with zero attached hydrogens (tertiary/aromatic N) is 2. The van der Waals surface area contributed by atoms with Gasteiger partial charge in [0.05, 0.1) is 11.0 Å². The number of unbranched alkanes of at least 4 members (excludes halogenated alkanes) is 2. The second-order valence-corrected chi connectivity index (χ2v) is 14.0. The topological polar surface area (TPSA) is 25.8 Å². The van der Waals surface area contributed by atoms with Crippen LogP contribution >= 0.6 is 0 Å². The van der Waals surface area contributed by atoms with Gasteiger partial charge in [0.15, 0.2) is 0 Å². The molecule has 5 heteroatoms. The van der Waals surface area contributed by atoms with Crippen molar-refractivity contribution in [1.82, 2.24) is 9.97 Å². The molecule has 0 amide bonds. The molecular formula is C20H26F2N2Sn. The summed E-state index contributed by atoms with van der Waals surface area (Å²) in [7, 11) is 0. The molecule has 2 heterocycles. The van der Waals surface area contributed by atoms with E-state index in [2.05, 4.69) is 34.2 Å². The van der Waals surface area contributed by atoms with Crippen LogP contribution in [0.4, 0.5) is 5.73 Å². The molecule has 134 valence electrons. The molecule has 0 fully saturated rings. The average molecular weight is 451 g/mol. The Bertz CT molecular complexity index is 728. The van der Waals surface area contributed by atoms with E-state index in [4.69, 9.17) is 0 Å². The van der Waals surface area contributed by atoms with Gasteiger partial charge in [-0.25, -0.2) is 0 Å². The molecule has 0 bridgehead atoms. The van der Waals surface area contributed by atoms with E-state index in [1.807, 2.05) is 26.0 Å². The van der Waals surface area contributed by atoms with Gasteiger partial charge in [-0.3, -0.25) is 9.97 Å². The van der Waals surface area contributed by atoms with Crippen LogP contribution in [-0.2, 0) is 0 Å². The minimum absolute atomic E-state index is 0.283. The molecule has 25 heavy (non-hydrogen) atoms. The zero-order valence-corrected chi connectivity index (χ0v) is 17.9. The molecule has 2 aromatic heterocycles. The standard InChI is InChI=1S/C12H8N2.2C4H9.2FH.Sn/c1-3-9-5-6-10-4-2-8-14-12(10)11(9)13-7-1;2*1-3-4-2;;;/h1-8H;2*1,3-4H2,2H3;2*1H;/q;;;;;+2/p-2. The summed E-state index contributed by atoms with van der Waals surface area (Å²) in [5.41, 5.74) is 1.95. The van der Waals surface area contributed by atoms with Crippen LogP contribution in [0.25, 0.3) is 21.8 Å². The number of fused-ring (bicyclic) bond motifs is 3. The minimum Gasteiger partial charge on any atom is -0.254 e. The fourth-order valence-electron chi connectivity index (χ4n) is 2.68. The molecular weight excluding hydrogens is 425 g/mol. The van der Waals surface area contributed by atoms with Gasteiger partial charge in [0.25, 0.3) is 0 Å². The molecule has 0 spiro atoms. The molecule has 0 saturated heterocycles. The molecule has 0 aliphatic heterocycles. The number of benzene rings is 1. The molecule has 2 nitrogen and oxygen atoms in total. The monoisotopic (exact) mass is 452 g/mol. The van der Waals surface area contributed by atoms with Gasteiger partial charge < -0.3 is 0 Å². The zero-order valence-electron chi connectivity index (χ0n) is 15.0. The summed E-state index contributed by atoms with van der Waals surface area (Å²) >= 11 is -4.44. The van der Waals surface area contributed by atoms with E-state index in [-0.39, 0.29) is 8.87 Å². The first-order valence-corrected chi connectivity index (χ1v) is 15.2. The predicted octanol–water partition coefficient (Wildman–Crippen LogP) is 6.75. The maximum absolute atomic E-state index is 13.0. The Labute approximate surface area is 154 Å². The number of halogens is 2. The van der Waals surface area contributed by atoms with E-state index in [1.165, 1.54) is 0 Å². The van der Waals surface area contributed by atoms with Gasteiger partial charge in [0, 0.05) is 23.2 Å². The number of rotatable bonds is 6. The number of pyridine rings is 2. The van der Waals surface area contributed by atoms with Crippen molar-refractivity contribution in [1.29, 1.82) is 0 Å². The first-order chi connectivity index (χ1) is 12.1. The summed E-state index contributed by atoms with van der Waals surface area (Å²) in [4.78, 5) is 8.69. The second kappa shape index (κ2) is 10.00. The van der Waals surface area contributed by atoms with Crippen molar-refractivity contribution in [2.24, 2.45) is 0 Å². The van der Waals surface area contributed by atoms with Crippen molar-refractivity contribution >= 4 is 41.3 Å². The predicted molar refractivity (Wildman–Crippen MR) is 104 cm³/mol. The second-order valence-electron chi connectivity index (χ2n) is 6.28. The maximum Gasteiger partial charge on any atom is 0.0964 e. The van der Waals surface area contributed by atoms with Crippen LogP contribution in [0.2, 0.25) is 8.87 Å². The van der Waals surface area contributed by atoms with Crippen LogP contribution in [0, 0.1) is 0 Å². The van der Waals surface area contributed by atoms with Gasteiger partial charge in [-0.15, -0.1) is 0 Å². The average Bonchev–Trinajstić information content (AvgIpc) is 2.65. The van der Waals surface area contributed by atoms with Crippen LogP contribution in [0.3, 0.4) is 0 Å². The van der Waals surface area contributed by atoms with E-state index in [0.29, 0.717) is 0 Å². The Morgan fingerprint density at radius 1 is 0.760 bits per heavy atom. The van der Waals surface area contributed by atoms with Crippen molar-refractivity contribution in [3.63, 3.8) is 0 Å². The third kappa shape index (κ3) is 6.17. The number of hydrogen-bond acceptors (Lipinski definition) is 2. The molecule has 3 aromatic rings. The summed E-state index contributed by atoms with van der Waals surface area (Å²) in [6, 6.07) is 12.1. The zero-order chi connectivity index (χ0) is 18.1. The smallest absolute Gasteiger partial charge is 0.0964 e. The fourth-order valence-corrected chi connectivity index (χ4v) is 8.36. The molecule has 0 N–H and O–H groups in total. The summed E-state index contributed by atoms with van der Waals surface area (Å²) in [6.45, 7) is 3.95. The van der Waals surface area contributed by atoms with Gasteiger partial charge in [0.2, 0.25) is 0 Å². The Balaban J connectivity index is 0.000000188. The van der Waals surface area contributed by atoms with Crippen molar-refractivity contribution in [3.05, 3.63) is 48.8 Å². The molecule has 0 atom stereocenters. The Hall–Kier alpha value is -1.30. The van der Waals surface area contributed by atoms with E-state index < -0.39 is 19.5 Å². The summed E-state index contributed by atoms with van der Waals surface area (Å²) < 4.78 is 26.6. The summed E-state index contributed by atoms with van der Waals surface area (Å²) in [5.74, 6) is 0. The Kier molecular flexibility index (Phi) is 8.00. The van der Waals surface area contributed by atoms with Gasteiger partial charge >= 0.3 is 73.7 Å². The van der Waals surface area contributed by atoms with Gasteiger partial charge in [0.1, 0.15) is 0 Å². The van der Waals surface area contributed by atoms with Crippen molar-refractivity contribution in [2.45, 2.75) is 48.4 Å². The third-order valence-corrected chi connectivity index (χ3v) is 10.3. The van der Waals surface area contributed by atoms with E-state index in [9.17, 15) is 5.73 Å². The number of hydrogen-bond donors (Lipinski definition) is 0. The van der Waals surface area contributed by atoms with Crippen LogP contribution in [0.1, 0.15) is 39.5 Å². The largest absolute Gasteiger partial charge is 0.254 e. The first-order valence-electron chi connectivity index (χ1n) is 9.03. The van der Waals surface area contributed by atoms with Gasteiger partial charge in [-0.2, -0.15) is 0 Å². The molecule has 1 aromatic carbocycles. The van der Waals surface area contributed by atoms with Crippen molar-refractivity contribution < 1.29 is 5.73 Å². The molecule has 0 aliphatic carbocycles. The van der Waals surface area contributed by atoms with Crippen LogP contribution in [-0.4, -0.2) is 29.5 Å². The number of aromatic nitrogens is 2. The quantitative estimate of drug-likeness (QED) is 0.306. The normalized spacial score (nSPS) is 11.4. The molecule has 3 rings (SSSR count). The van der Waals surface area contributed by atoms with Crippen LogP contribution < -0.4 is 0 Å². The van der Waals surface area contributed by atoms with Crippen LogP contribution in [0.5, 0.6) is 0 Å². The molecule has 0 aliphatic rings. The Morgan fingerprint density at radius 3 is 1.60 bits per heavy atom. The van der Waals surface area contributed by atoms with Crippen molar-refractivity contribution in [2.75, 3.05) is 0 Å². The van der Waals surface area contributed by atoms with Crippen molar-refractivity contribution in [3.8, 4) is 0 Å². The van der Waals surface area contributed by atoms with E-state index in [0.717, 1.165) is 47.5 Å². The fraction of sp³-hybridized carbons (Fsp3) is 0.400. The minimum atomic E-state index is -4.44. The van der Waals surface area contributed by atoms with Gasteiger partial charge in [-0.1, -0.05) is 24.3 Å². The Morgan fingerprint density at radius 2 is 1.20 bits per heavy atom. The van der Waals surface area contributed by atoms with E-state index >= 15 is 0 Å². The third-order valence-electron chi connectivity index (χ3n) is 4.14. The van der Waals surface area contributed by atoms with Crippen LogP contribution in [0.15, 0.2) is 48.8 Å². The SMILES string of the molecule is CCC[CH2][Sn]([F])([F])[CH2]CCC.c1cnc2c(c1)ccc1cccnc12.